The van der Waals surface area contributed by atoms with Gasteiger partial charge in [-0.1, -0.05) is 19.8 Å². The van der Waals surface area contributed by atoms with Crippen LogP contribution in [0, 0.1) is 0 Å². The van der Waals surface area contributed by atoms with Crippen molar-refractivity contribution in [3.05, 3.63) is 0 Å². The molecule has 0 bridgehead atoms. The van der Waals surface area contributed by atoms with Gasteiger partial charge in [-0.05, 0) is 6.42 Å². The lowest BCUT2D eigenvalue weighted by Gasteiger charge is -2.19. The third kappa shape index (κ3) is 3.73. The zero-order chi connectivity index (χ0) is 12.0. The van der Waals surface area contributed by atoms with Crippen molar-refractivity contribution in [3.8, 4) is 0 Å². The minimum absolute atomic E-state index is 0.109. The van der Waals surface area contributed by atoms with Gasteiger partial charge >= 0.3 is 5.97 Å². The molecule has 3 atom stereocenters. The molecule has 1 heterocycles. The summed E-state index contributed by atoms with van der Waals surface area (Å²) in [6, 6.07) is 0. The molecule has 1 aliphatic heterocycles. The molecule has 1 fully saturated rings. The van der Waals surface area contributed by atoms with Gasteiger partial charge in [0.05, 0.1) is 13.2 Å². The normalized spacial score (nSPS) is 29.3. The molecular formula is C11H20O5. The molecule has 5 nitrogen and oxygen atoms in total. The van der Waals surface area contributed by atoms with Crippen LogP contribution in [0.25, 0.3) is 0 Å². The van der Waals surface area contributed by atoms with E-state index in [1.54, 1.807) is 0 Å². The fraction of sp³-hybridized carbons (Fsp3) is 0.909. The number of unbranched alkanes of at least 4 members (excludes halogenated alkanes) is 2. The smallest absolute Gasteiger partial charge is 0.306 e. The standard InChI is InChI=1S/C11H20O5/c1-2-3-4-5-10(14)16-11-8(13)7-15-9(11)6-12/h8-9,11-13H,2-7H2,1H3/t8-,9-,11+/m0/s1. The molecule has 5 heteroatoms. The number of ether oxygens (including phenoxy) is 2. The van der Waals surface area contributed by atoms with E-state index >= 15 is 0 Å². The summed E-state index contributed by atoms with van der Waals surface area (Å²) < 4.78 is 10.2. The number of aliphatic hydroxyl groups is 2. The van der Waals surface area contributed by atoms with Gasteiger partial charge < -0.3 is 19.7 Å². The molecule has 0 aromatic rings. The molecule has 0 aliphatic carbocycles. The Balaban J connectivity index is 2.31. The van der Waals surface area contributed by atoms with Gasteiger partial charge in [0.2, 0.25) is 0 Å². The summed E-state index contributed by atoms with van der Waals surface area (Å²) in [5.41, 5.74) is 0. The summed E-state index contributed by atoms with van der Waals surface area (Å²) in [5.74, 6) is -0.332. The third-order valence-corrected chi connectivity index (χ3v) is 2.66. The summed E-state index contributed by atoms with van der Waals surface area (Å²) in [4.78, 5) is 11.4. The molecule has 1 saturated heterocycles. The molecule has 0 unspecified atom stereocenters. The Morgan fingerprint density at radius 3 is 2.88 bits per heavy atom. The first-order valence-corrected chi connectivity index (χ1v) is 5.79. The molecule has 0 spiro atoms. The lowest BCUT2D eigenvalue weighted by molar-refractivity contribution is -0.156. The van der Waals surface area contributed by atoms with Crippen LogP contribution < -0.4 is 0 Å². The SMILES string of the molecule is CCCCCC(=O)O[C@H]1[C@H](CO)OC[C@@H]1O. The largest absolute Gasteiger partial charge is 0.457 e. The molecule has 0 radical (unpaired) electrons. The van der Waals surface area contributed by atoms with Gasteiger partial charge in [0, 0.05) is 6.42 Å². The van der Waals surface area contributed by atoms with E-state index in [9.17, 15) is 9.90 Å². The molecule has 0 aromatic heterocycles. The minimum Gasteiger partial charge on any atom is -0.457 e. The highest BCUT2D eigenvalue weighted by Gasteiger charge is 2.38. The van der Waals surface area contributed by atoms with Crippen molar-refractivity contribution in [1.29, 1.82) is 0 Å². The fourth-order valence-electron chi connectivity index (χ4n) is 1.70. The Morgan fingerprint density at radius 2 is 2.25 bits per heavy atom. The van der Waals surface area contributed by atoms with Gasteiger partial charge in [0.15, 0.2) is 6.10 Å². The van der Waals surface area contributed by atoms with Crippen LogP contribution in [-0.2, 0) is 14.3 Å². The number of aliphatic hydroxyl groups excluding tert-OH is 2. The predicted octanol–water partition coefficient (Wildman–Crippen LogP) is 0.230. The molecule has 1 rings (SSSR count). The van der Waals surface area contributed by atoms with Crippen molar-refractivity contribution in [2.45, 2.75) is 50.9 Å². The quantitative estimate of drug-likeness (QED) is 0.506. The average Bonchev–Trinajstić information content (AvgIpc) is 2.61. The van der Waals surface area contributed by atoms with E-state index in [0.29, 0.717) is 6.42 Å². The number of rotatable bonds is 6. The van der Waals surface area contributed by atoms with Crippen molar-refractivity contribution >= 4 is 5.97 Å². The van der Waals surface area contributed by atoms with Gasteiger partial charge in [-0.2, -0.15) is 0 Å². The second kappa shape index (κ2) is 6.83. The summed E-state index contributed by atoms with van der Waals surface area (Å²) in [6.45, 7) is 1.92. The highest BCUT2D eigenvalue weighted by Crippen LogP contribution is 2.18. The van der Waals surface area contributed by atoms with Gasteiger partial charge in [-0.25, -0.2) is 0 Å². The van der Waals surface area contributed by atoms with Crippen LogP contribution >= 0.6 is 0 Å². The maximum Gasteiger partial charge on any atom is 0.306 e. The van der Waals surface area contributed by atoms with E-state index in [0.717, 1.165) is 19.3 Å². The van der Waals surface area contributed by atoms with Crippen LogP contribution in [0.2, 0.25) is 0 Å². The first-order valence-electron chi connectivity index (χ1n) is 5.79. The summed E-state index contributed by atoms with van der Waals surface area (Å²) in [5, 5.41) is 18.5. The second-order valence-electron chi connectivity index (χ2n) is 4.03. The van der Waals surface area contributed by atoms with Crippen LogP contribution in [0.5, 0.6) is 0 Å². The highest BCUT2D eigenvalue weighted by atomic mass is 16.6. The number of hydrogen-bond acceptors (Lipinski definition) is 5. The Labute approximate surface area is 95.4 Å². The van der Waals surface area contributed by atoms with Gasteiger partial charge in [0.1, 0.15) is 12.2 Å². The Morgan fingerprint density at radius 1 is 1.50 bits per heavy atom. The van der Waals surface area contributed by atoms with E-state index in [-0.39, 0.29) is 19.2 Å². The molecule has 2 N–H and O–H groups in total. The van der Waals surface area contributed by atoms with E-state index in [4.69, 9.17) is 14.6 Å². The topological polar surface area (TPSA) is 76.0 Å². The van der Waals surface area contributed by atoms with E-state index in [2.05, 4.69) is 6.92 Å². The second-order valence-corrected chi connectivity index (χ2v) is 4.03. The minimum atomic E-state index is -0.827. The van der Waals surface area contributed by atoms with Gasteiger partial charge in [0.25, 0.3) is 0 Å². The fourth-order valence-corrected chi connectivity index (χ4v) is 1.70. The van der Waals surface area contributed by atoms with Crippen molar-refractivity contribution < 1.29 is 24.5 Å². The number of carbonyl (C=O) groups is 1. The van der Waals surface area contributed by atoms with Crippen molar-refractivity contribution in [2.75, 3.05) is 13.2 Å². The molecule has 16 heavy (non-hydrogen) atoms. The summed E-state index contributed by atoms with van der Waals surface area (Å²) in [7, 11) is 0. The Hall–Kier alpha value is -0.650. The summed E-state index contributed by atoms with van der Waals surface area (Å²) in [6.07, 6.45) is 1.04. The van der Waals surface area contributed by atoms with E-state index in [1.807, 2.05) is 0 Å². The van der Waals surface area contributed by atoms with Gasteiger partial charge in [-0.3, -0.25) is 4.79 Å². The molecular weight excluding hydrogens is 212 g/mol. The molecule has 0 amide bonds. The van der Waals surface area contributed by atoms with Crippen LogP contribution in [0.4, 0.5) is 0 Å². The molecule has 0 saturated carbocycles. The molecule has 0 aromatic carbocycles. The molecule has 1 aliphatic rings. The van der Waals surface area contributed by atoms with Crippen LogP contribution in [-0.4, -0.2) is 47.7 Å². The third-order valence-electron chi connectivity index (χ3n) is 2.66. The Bertz CT molecular complexity index is 218. The van der Waals surface area contributed by atoms with E-state index < -0.39 is 18.3 Å². The van der Waals surface area contributed by atoms with Gasteiger partial charge in [-0.15, -0.1) is 0 Å². The van der Waals surface area contributed by atoms with Crippen molar-refractivity contribution in [3.63, 3.8) is 0 Å². The first-order chi connectivity index (χ1) is 7.69. The highest BCUT2D eigenvalue weighted by molar-refractivity contribution is 5.69. The monoisotopic (exact) mass is 232 g/mol. The van der Waals surface area contributed by atoms with Crippen molar-refractivity contribution in [1.82, 2.24) is 0 Å². The number of esters is 1. The van der Waals surface area contributed by atoms with Crippen molar-refractivity contribution in [2.24, 2.45) is 0 Å². The van der Waals surface area contributed by atoms with Crippen LogP contribution in [0.15, 0.2) is 0 Å². The maximum atomic E-state index is 11.4. The maximum absolute atomic E-state index is 11.4. The average molecular weight is 232 g/mol. The van der Waals surface area contributed by atoms with Crippen LogP contribution in [0.1, 0.15) is 32.6 Å². The lowest BCUT2D eigenvalue weighted by atomic mass is 10.1. The van der Waals surface area contributed by atoms with Crippen LogP contribution in [0.3, 0.4) is 0 Å². The summed E-state index contributed by atoms with van der Waals surface area (Å²) >= 11 is 0. The molecule has 94 valence electrons. The Kier molecular flexibility index (Phi) is 5.73. The zero-order valence-electron chi connectivity index (χ0n) is 9.59. The number of hydrogen-bond donors (Lipinski definition) is 2. The number of carbonyl (C=O) groups excluding carboxylic acids is 1. The first kappa shape index (κ1) is 13.4. The predicted molar refractivity (Wildman–Crippen MR) is 56.9 cm³/mol. The lowest BCUT2D eigenvalue weighted by Crippen LogP contribution is -2.37. The van der Waals surface area contributed by atoms with E-state index in [1.165, 1.54) is 0 Å². The zero-order valence-corrected chi connectivity index (χ0v) is 9.59.